The SMILES string of the molecule is CC(O)c1cccnc1Sc1nccs1. The molecule has 1 unspecified atom stereocenters. The first-order chi connectivity index (χ1) is 7.27. The Labute approximate surface area is 96.2 Å². The van der Waals surface area contributed by atoms with Gasteiger partial charge in [0.05, 0.1) is 6.10 Å². The minimum absolute atomic E-state index is 0.499. The predicted octanol–water partition coefficient (Wildman–Crippen LogP) is 2.74. The highest BCUT2D eigenvalue weighted by Crippen LogP contribution is 2.32. The van der Waals surface area contributed by atoms with Gasteiger partial charge in [0.15, 0.2) is 4.34 Å². The van der Waals surface area contributed by atoms with E-state index in [2.05, 4.69) is 9.97 Å². The molecule has 0 aliphatic carbocycles. The molecule has 0 aliphatic rings. The van der Waals surface area contributed by atoms with Crippen LogP contribution in [0.3, 0.4) is 0 Å². The summed E-state index contributed by atoms with van der Waals surface area (Å²) in [5.41, 5.74) is 0.845. The maximum atomic E-state index is 9.56. The Hall–Kier alpha value is -0.910. The molecule has 0 fully saturated rings. The molecule has 0 amide bonds. The highest BCUT2D eigenvalue weighted by molar-refractivity contribution is 8.01. The van der Waals surface area contributed by atoms with Crippen LogP contribution in [0.1, 0.15) is 18.6 Å². The largest absolute Gasteiger partial charge is 0.389 e. The number of thiazole rings is 1. The van der Waals surface area contributed by atoms with Crippen molar-refractivity contribution < 1.29 is 5.11 Å². The van der Waals surface area contributed by atoms with E-state index in [-0.39, 0.29) is 0 Å². The number of hydrogen-bond donors (Lipinski definition) is 1. The van der Waals surface area contributed by atoms with E-state index in [1.807, 2.05) is 17.5 Å². The molecule has 2 aromatic heterocycles. The van der Waals surface area contributed by atoms with Crippen LogP contribution >= 0.6 is 23.1 Å². The first-order valence-electron chi connectivity index (χ1n) is 4.47. The van der Waals surface area contributed by atoms with E-state index in [1.165, 1.54) is 11.8 Å². The molecule has 0 aromatic carbocycles. The van der Waals surface area contributed by atoms with Crippen LogP contribution in [-0.2, 0) is 0 Å². The molecule has 2 aromatic rings. The van der Waals surface area contributed by atoms with Crippen molar-refractivity contribution in [2.75, 3.05) is 0 Å². The summed E-state index contributed by atoms with van der Waals surface area (Å²) in [6, 6.07) is 3.71. The zero-order valence-corrected chi connectivity index (χ0v) is 9.76. The maximum absolute atomic E-state index is 9.56. The Morgan fingerprint density at radius 3 is 2.93 bits per heavy atom. The second kappa shape index (κ2) is 4.74. The lowest BCUT2D eigenvalue weighted by Gasteiger charge is -2.08. The number of rotatable bonds is 3. The number of aliphatic hydroxyl groups is 1. The lowest BCUT2D eigenvalue weighted by atomic mass is 10.2. The molecule has 0 bridgehead atoms. The minimum Gasteiger partial charge on any atom is -0.389 e. The van der Waals surface area contributed by atoms with E-state index in [9.17, 15) is 5.11 Å². The van der Waals surface area contributed by atoms with Gasteiger partial charge in [0.25, 0.3) is 0 Å². The van der Waals surface area contributed by atoms with Gasteiger partial charge in [-0.1, -0.05) is 6.07 Å². The molecular formula is C10H10N2OS2. The Morgan fingerprint density at radius 1 is 1.40 bits per heavy atom. The average Bonchev–Trinajstić information content (AvgIpc) is 2.71. The third-order valence-electron chi connectivity index (χ3n) is 1.84. The van der Waals surface area contributed by atoms with Crippen LogP contribution in [0, 0.1) is 0 Å². The van der Waals surface area contributed by atoms with Crippen molar-refractivity contribution in [1.29, 1.82) is 0 Å². The maximum Gasteiger partial charge on any atom is 0.156 e. The van der Waals surface area contributed by atoms with Gasteiger partial charge in [-0.25, -0.2) is 9.97 Å². The monoisotopic (exact) mass is 238 g/mol. The third kappa shape index (κ3) is 2.56. The molecule has 1 N–H and O–H groups in total. The van der Waals surface area contributed by atoms with Gasteiger partial charge in [-0.15, -0.1) is 11.3 Å². The molecule has 78 valence electrons. The Kier molecular flexibility index (Phi) is 3.35. The fourth-order valence-corrected chi connectivity index (χ4v) is 2.85. The van der Waals surface area contributed by atoms with Crippen LogP contribution in [0.15, 0.2) is 39.3 Å². The predicted molar refractivity (Wildman–Crippen MR) is 61.1 cm³/mol. The molecule has 0 saturated heterocycles. The zero-order valence-electron chi connectivity index (χ0n) is 8.12. The first kappa shape index (κ1) is 10.6. The molecule has 0 aliphatic heterocycles. The lowest BCUT2D eigenvalue weighted by Crippen LogP contribution is -1.95. The van der Waals surface area contributed by atoms with Gasteiger partial charge >= 0.3 is 0 Å². The van der Waals surface area contributed by atoms with Crippen molar-refractivity contribution in [3.05, 3.63) is 35.5 Å². The van der Waals surface area contributed by atoms with E-state index < -0.39 is 6.10 Å². The topological polar surface area (TPSA) is 46.0 Å². The van der Waals surface area contributed by atoms with Gasteiger partial charge in [-0.05, 0) is 24.8 Å². The summed E-state index contributed by atoms with van der Waals surface area (Å²) < 4.78 is 0.940. The molecule has 5 heteroatoms. The Morgan fingerprint density at radius 2 is 2.27 bits per heavy atom. The first-order valence-corrected chi connectivity index (χ1v) is 6.17. The van der Waals surface area contributed by atoms with Crippen molar-refractivity contribution in [3.63, 3.8) is 0 Å². The zero-order chi connectivity index (χ0) is 10.7. The van der Waals surface area contributed by atoms with E-state index in [0.717, 1.165) is 14.9 Å². The smallest absolute Gasteiger partial charge is 0.156 e. The lowest BCUT2D eigenvalue weighted by molar-refractivity contribution is 0.195. The van der Waals surface area contributed by atoms with Crippen LogP contribution in [0.2, 0.25) is 0 Å². The van der Waals surface area contributed by atoms with Crippen molar-refractivity contribution >= 4 is 23.1 Å². The van der Waals surface area contributed by atoms with Crippen molar-refractivity contribution in [2.45, 2.75) is 22.4 Å². The number of aliphatic hydroxyl groups excluding tert-OH is 1. The summed E-state index contributed by atoms with van der Waals surface area (Å²) in [5, 5.41) is 12.3. The second-order valence-corrected chi connectivity index (χ2v) is 5.10. The molecule has 1 atom stereocenters. The van der Waals surface area contributed by atoms with Crippen molar-refractivity contribution in [2.24, 2.45) is 0 Å². The Balaban J connectivity index is 2.28. The quantitative estimate of drug-likeness (QED) is 0.893. The molecular weight excluding hydrogens is 228 g/mol. The number of hydrogen-bond acceptors (Lipinski definition) is 5. The number of aromatic nitrogens is 2. The van der Waals surface area contributed by atoms with E-state index >= 15 is 0 Å². The number of pyridine rings is 1. The Bertz CT molecular complexity index is 429. The van der Waals surface area contributed by atoms with Crippen LogP contribution in [0.25, 0.3) is 0 Å². The molecule has 3 nitrogen and oxygen atoms in total. The van der Waals surface area contributed by atoms with Crippen LogP contribution in [0.5, 0.6) is 0 Å². The molecule has 2 heterocycles. The second-order valence-electron chi connectivity index (χ2n) is 2.97. The van der Waals surface area contributed by atoms with Crippen molar-refractivity contribution in [3.8, 4) is 0 Å². The van der Waals surface area contributed by atoms with Crippen LogP contribution < -0.4 is 0 Å². The molecule has 2 rings (SSSR count). The summed E-state index contributed by atoms with van der Waals surface area (Å²) in [7, 11) is 0. The van der Waals surface area contributed by atoms with E-state index in [4.69, 9.17) is 0 Å². The van der Waals surface area contributed by atoms with Gasteiger partial charge < -0.3 is 5.11 Å². The highest BCUT2D eigenvalue weighted by Gasteiger charge is 2.10. The number of nitrogens with zero attached hydrogens (tertiary/aromatic N) is 2. The van der Waals surface area contributed by atoms with Gasteiger partial charge in [0.2, 0.25) is 0 Å². The summed E-state index contributed by atoms with van der Waals surface area (Å²) in [5.74, 6) is 0. The average molecular weight is 238 g/mol. The van der Waals surface area contributed by atoms with Gasteiger partial charge in [0.1, 0.15) is 5.03 Å². The summed E-state index contributed by atoms with van der Waals surface area (Å²) in [4.78, 5) is 8.42. The fourth-order valence-electron chi connectivity index (χ4n) is 1.15. The van der Waals surface area contributed by atoms with Gasteiger partial charge in [-0.2, -0.15) is 0 Å². The summed E-state index contributed by atoms with van der Waals surface area (Å²) in [6.45, 7) is 1.74. The molecule has 0 radical (unpaired) electrons. The standard InChI is InChI=1S/C10H10N2OS2/c1-7(13)8-3-2-4-11-9(8)15-10-12-5-6-14-10/h2-7,13H,1H3. The van der Waals surface area contributed by atoms with Crippen LogP contribution in [-0.4, -0.2) is 15.1 Å². The van der Waals surface area contributed by atoms with Crippen molar-refractivity contribution in [1.82, 2.24) is 9.97 Å². The molecule has 0 spiro atoms. The van der Waals surface area contributed by atoms with Gasteiger partial charge in [-0.3, -0.25) is 0 Å². The minimum atomic E-state index is -0.499. The normalized spacial score (nSPS) is 12.7. The summed E-state index contributed by atoms with van der Waals surface area (Å²) in [6.07, 6.45) is 2.99. The third-order valence-corrected chi connectivity index (χ3v) is 3.76. The van der Waals surface area contributed by atoms with Gasteiger partial charge in [0, 0.05) is 23.3 Å². The van der Waals surface area contributed by atoms with E-state index in [0.29, 0.717) is 0 Å². The fraction of sp³-hybridized carbons (Fsp3) is 0.200. The summed E-state index contributed by atoms with van der Waals surface area (Å²) >= 11 is 3.05. The molecule has 15 heavy (non-hydrogen) atoms. The van der Waals surface area contributed by atoms with E-state index in [1.54, 1.807) is 30.7 Å². The molecule has 0 saturated carbocycles. The highest BCUT2D eigenvalue weighted by atomic mass is 32.2. The van der Waals surface area contributed by atoms with Crippen LogP contribution in [0.4, 0.5) is 0 Å².